The quantitative estimate of drug-likeness (QED) is 0.225. The largest absolute Gasteiger partial charge is 0.726 e. The van der Waals surface area contributed by atoms with E-state index in [-0.39, 0.29) is 5.75 Å². The molecule has 1 rings (SSSR count). The van der Waals surface area contributed by atoms with E-state index in [2.05, 4.69) is 4.18 Å². The fourth-order valence-corrected chi connectivity index (χ4v) is 4.63. The molecule has 0 bridgehead atoms. The summed E-state index contributed by atoms with van der Waals surface area (Å²) < 4.78 is 35.1. The summed E-state index contributed by atoms with van der Waals surface area (Å²) in [7, 11) is -5.51. The third-order valence-corrected chi connectivity index (χ3v) is 5.44. The van der Waals surface area contributed by atoms with Crippen LogP contribution in [0.5, 0.6) is 0 Å². The number of hydrogen-bond acceptors (Lipinski definition) is 8. The second-order valence-corrected chi connectivity index (χ2v) is 7.27. The van der Waals surface area contributed by atoms with Crippen LogP contribution in [0.1, 0.15) is 0 Å². The van der Waals surface area contributed by atoms with E-state index in [1.165, 1.54) is 0 Å². The Morgan fingerprint density at radius 1 is 1.33 bits per heavy atom. The molecule has 0 spiro atoms. The molecule has 0 aromatic carbocycles. The van der Waals surface area contributed by atoms with Gasteiger partial charge in [0.1, 0.15) is 41.7 Å². The standard InChI is InChI=1S/C8H16O8S2/c9-1-8(16-18(13,14)15)7(12)4-17-2-5(10)6(11)3-17/h5-12H,1-4H2/t5-,6-,7-,8+/m1/s1. The van der Waals surface area contributed by atoms with Crippen molar-refractivity contribution in [1.82, 2.24) is 0 Å². The van der Waals surface area contributed by atoms with E-state index in [0.717, 1.165) is 0 Å². The first-order valence-electron chi connectivity index (χ1n) is 5.16. The molecule has 0 aromatic heterocycles. The molecule has 4 N–H and O–H groups in total. The van der Waals surface area contributed by atoms with Crippen LogP contribution in [0.3, 0.4) is 0 Å². The van der Waals surface area contributed by atoms with Gasteiger partial charge in [0.15, 0.2) is 0 Å². The van der Waals surface area contributed by atoms with E-state index >= 15 is 0 Å². The highest BCUT2D eigenvalue weighted by molar-refractivity contribution is 7.97. The fourth-order valence-electron chi connectivity index (χ4n) is 1.63. The second kappa shape index (κ2) is 6.48. The summed E-state index contributed by atoms with van der Waals surface area (Å²) in [5, 5.41) is 37.1. The van der Waals surface area contributed by atoms with Crippen LogP contribution in [-0.2, 0) is 25.5 Å². The van der Waals surface area contributed by atoms with Crippen LogP contribution in [0.2, 0.25) is 0 Å². The molecular formula is C8H16O8S2. The van der Waals surface area contributed by atoms with Crippen LogP contribution in [0.25, 0.3) is 0 Å². The molecular weight excluding hydrogens is 288 g/mol. The number of hydrogen-bond donors (Lipinski definition) is 4. The average molecular weight is 304 g/mol. The van der Waals surface area contributed by atoms with Gasteiger partial charge < -0.3 is 25.0 Å². The molecule has 0 amide bonds. The van der Waals surface area contributed by atoms with Crippen molar-refractivity contribution in [2.24, 2.45) is 0 Å². The molecule has 1 aliphatic rings. The zero-order valence-electron chi connectivity index (χ0n) is 9.38. The molecule has 1 aliphatic heterocycles. The third kappa shape index (κ3) is 4.97. The minimum Gasteiger partial charge on any atom is -0.726 e. The van der Waals surface area contributed by atoms with Crippen molar-refractivity contribution in [3.63, 3.8) is 0 Å². The summed E-state index contributed by atoms with van der Waals surface area (Å²) in [4.78, 5) is 0. The first-order valence-corrected chi connectivity index (χ1v) is 8.22. The molecule has 8 nitrogen and oxygen atoms in total. The van der Waals surface area contributed by atoms with Gasteiger partial charge in [0.05, 0.1) is 6.61 Å². The van der Waals surface area contributed by atoms with Crippen LogP contribution in [0.15, 0.2) is 0 Å². The number of aliphatic hydroxyl groups is 4. The van der Waals surface area contributed by atoms with Gasteiger partial charge in [0.25, 0.3) is 0 Å². The molecule has 1 saturated heterocycles. The average Bonchev–Trinajstić information content (AvgIpc) is 2.53. The highest BCUT2D eigenvalue weighted by Gasteiger charge is 2.42. The lowest BCUT2D eigenvalue weighted by atomic mass is 10.2. The van der Waals surface area contributed by atoms with Crippen LogP contribution < -0.4 is 0 Å². The molecule has 10 heteroatoms. The summed E-state index contributed by atoms with van der Waals surface area (Å²) in [6.07, 6.45) is -4.59. The SMILES string of the molecule is O=S(=O)([O-])O[C@@H](CO)[C@H](O)C[S+]1C[C@@H](O)[C@H](O)C1. The highest BCUT2D eigenvalue weighted by atomic mass is 32.3. The third-order valence-electron chi connectivity index (χ3n) is 2.51. The monoisotopic (exact) mass is 304 g/mol. The molecule has 4 atom stereocenters. The van der Waals surface area contributed by atoms with Crippen molar-refractivity contribution in [2.75, 3.05) is 23.9 Å². The van der Waals surface area contributed by atoms with E-state index < -0.39 is 52.3 Å². The molecule has 0 aromatic rings. The second-order valence-electron chi connectivity index (χ2n) is 4.04. The Bertz CT molecular complexity index is 348. The van der Waals surface area contributed by atoms with E-state index in [1.54, 1.807) is 0 Å². The predicted octanol–water partition coefficient (Wildman–Crippen LogP) is -3.46. The lowest BCUT2D eigenvalue weighted by molar-refractivity contribution is 0.0107. The van der Waals surface area contributed by atoms with Gasteiger partial charge in [-0.3, -0.25) is 4.18 Å². The minimum atomic E-state index is -5.00. The van der Waals surface area contributed by atoms with Crippen LogP contribution in [-0.4, -0.2) is 81.7 Å². The summed E-state index contributed by atoms with van der Waals surface area (Å²) in [5.41, 5.74) is 0. The van der Waals surface area contributed by atoms with Gasteiger partial charge in [-0.05, 0) is 10.9 Å². The summed E-state index contributed by atoms with van der Waals surface area (Å²) in [5.74, 6) is 0.635. The molecule has 0 aliphatic carbocycles. The number of rotatable bonds is 6. The zero-order chi connectivity index (χ0) is 13.9. The van der Waals surface area contributed by atoms with Crippen molar-refractivity contribution < 1.29 is 37.6 Å². The molecule has 18 heavy (non-hydrogen) atoms. The van der Waals surface area contributed by atoms with E-state index in [1.807, 2.05) is 0 Å². The first-order chi connectivity index (χ1) is 8.23. The van der Waals surface area contributed by atoms with Crippen molar-refractivity contribution in [3.8, 4) is 0 Å². The summed E-state index contributed by atoms with van der Waals surface area (Å²) in [6, 6.07) is 0. The van der Waals surface area contributed by atoms with Crippen LogP contribution in [0, 0.1) is 0 Å². The fraction of sp³-hybridized carbons (Fsp3) is 1.00. The Hall–Kier alpha value is 0.0600. The maximum absolute atomic E-state index is 10.4. The van der Waals surface area contributed by atoms with Crippen molar-refractivity contribution in [3.05, 3.63) is 0 Å². The predicted molar refractivity (Wildman–Crippen MR) is 61.6 cm³/mol. The maximum Gasteiger partial charge on any atom is 0.218 e. The van der Waals surface area contributed by atoms with Crippen LogP contribution >= 0.6 is 0 Å². The summed E-state index contributed by atoms with van der Waals surface area (Å²) >= 11 is 0. The lowest BCUT2D eigenvalue weighted by Crippen LogP contribution is -2.39. The Kier molecular flexibility index (Phi) is 5.80. The lowest BCUT2D eigenvalue weighted by Gasteiger charge is -2.21. The molecule has 0 unspecified atom stereocenters. The van der Waals surface area contributed by atoms with E-state index in [9.17, 15) is 28.3 Å². The first kappa shape index (κ1) is 16.1. The van der Waals surface area contributed by atoms with Gasteiger partial charge in [-0.1, -0.05) is 0 Å². The Labute approximate surface area is 108 Å². The molecule has 1 heterocycles. The topological polar surface area (TPSA) is 147 Å². The molecule has 108 valence electrons. The van der Waals surface area contributed by atoms with Gasteiger partial charge in [0, 0.05) is 0 Å². The van der Waals surface area contributed by atoms with E-state index in [0.29, 0.717) is 11.5 Å². The van der Waals surface area contributed by atoms with Crippen molar-refractivity contribution in [1.29, 1.82) is 0 Å². The Balaban J connectivity index is 2.50. The van der Waals surface area contributed by atoms with Gasteiger partial charge >= 0.3 is 0 Å². The smallest absolute Gasteiger partial charge is 0.218 e. The van der Waals surface area contributed by atoms with Crippen LogP contribution in [0.4, 0.5) is 0 Å². The van der Waals surface area contributed by atoms with Crippen molar-refractivity contribution >= 4 is 21.3 Å². The van der Waals surface area contributed by atoms with Gasteiger partial charge in [-0.25, -0.2) is 8.42 Å². The molecule has 0 saturated carbocycles. The number of aliphatic hydroxyl groups excluding tert-OH is 4. The minimum absolute atomic E-state index is 0.0505. The zero-order valence-corrected chi connectivity index (χ0v) is 11.0. The van der Waals surface area contributed by atoms with Gasteiger partial charge in [-0.15, -0.1) is 0 Å². The van der Waals surface area contributed by atoms with E-state index in [4.69, 9.17) is 5.11 Å². The Morgan fingerprint density at radius 3 is 2.22 bits per heavy atom. The molecule has 1 fully saturated rings. The highest BCUT2D eigenvalue weighted by Crippen LogP contribution is 2.18. The van der Waals surface area contributed by atoms with Gasteiger partial charge in [0.2, 0.25) is 10.4 Å². The summed E-state index contributed by atoms with van der Waals surface area (Å²) in [6.45, 7) is -0.815. The maximum atomic E-state index is 10.4. The van der Waals surface area contributed by atoms with Crippen molar-refractivity contribution in [2.45, 2.75) is 24.4 Å². The normalized spacial score (nSPS) is 29.4. The van der Waals surface area contributed by atoms with Gasteiger partial charge in [-0.2, -0.15) is 0 Å². The Morgan fingerprint density at radius 2 is 1.83 bits per heavy atom. The molecule has 0 radical (unpaired) electrons.